The third-order valence-corrected chi connectivity index (χ3v) is 1.48. The van der Waals surface area contributed by atoms with Crippen LogP contribution in [0.3, 0.4) is 0 Å². The lowest BCUT2D eigenvalue weighted by molar-refractivity contribution is -0.104. The van der Waals surface area contributed by atoms with Gasteiger partial charge >= 0.3 is 5.97 Å². The van der Waals surface area contributed by atoms with Gasteiger partial charge in [0, 0.05) is 6.20 Å². The lowest BCUT2D eigenvalue weighted by Gasteiger charge is -1.91. The van der Waals surface area contributed by atoms with Crippen LogP contribution in [0.4, 0.5) is 0 Å². The van der Waals surface area contributed by atoms with Crippen molar-refractivity contribution in [3.8, 4) is 0 Å². The van der Waals surface area contributed by atoms with Crippen LogP contribution >= 0.6 is 0 Å². The van der Waals surface area contributed by atoms with Gasteiger partial charge in [-0.1, -0.05) is 6.08 Å². The number of carbonyl (C=O) groups is 2. The van der Waals surface area contributed by atoms with Crippen molar-refractivity contribution in [1.29, 1.82) is 0 Å². The summed E-state index contributed by atoms with van der Waals surface area (Å²) in [6.07, 6.45) is 5.23. The molecule has 0 aliphatic rings. The van der Waals surface area contributed by atoms with Crippen molar-refractivity contribution in [2.45, 2.75) is 0 Å². The zero-order valence-corrected chi connectivity index (χ0v) is 7.11. The Bertz CT molecular complexity index is 338. The zero-order chi connectivity index (χ0) is 9.68. The first kappa shape index (κ1) is 9.25. The number of hydrogen-bond donors (Lipinski definition) is 1. The van der Waals surface area contributed by atoms with E-state index in [2.05, 4.69) is 9.72 Å². The first-order valence-corrected chi connectivity index (χ1v) is 3.66. The number of H-pyrrole nitrogens is 1. The molecule has 0 aliphatic carbocycles. The molecule has 4 nitrogen and oxygen atoms in total. The minimum absolute atomic E-state index is 0.369. The summed E-state index contributed by atoms with van der Waals surface area (Å²) in [5.74, 6) is -0.425. The van der Waals surface area contributed by atoms with E-state index >= 15 is 0 Å². The Kier molecular flexibility index (Phi) is 3.03. The van der Waals surface area contributed by atoms with Crippen molar-refractivity contribution in [3.05, 3.63) is 29.6 Å². The van der Waals surface area contributed by atoms with Gasteiger partial charge in [0.05, 0.1) is 7.11 Å². The summed E-state index contributed by atoms with van der Waals surface area (Å²) in [4.78, 5) is 23.7. The van der Waals surface area contributed by atoms with Crippen LogP contribution in [0.15, 0.2) is 18.3 Å². The van der Waals surface area contributed by atoms with Gasteiger partial charge in [0.2, 0.25) is 0 Å². The molecule has 1 heterocycles. The highest BCUT2D eigenvalue weighted by molar-refractivity contribution is 5.88. The molecule has 4 heteroatoms. The van der Waals surface area contributed by atoms with E-state index in [1.807, 2.05) is 0 Å². The Morgan fingerprint density at radius 1 is 1.62 bits per heavy atom. The van der Waals surface area contributed by atoms with E-state index in [1.165, 1.54) is 13.2 Å². The molecule has 0 bridgehead atoms. The van der Waals surface area contributed by atoms with E-state index in [9.17, 15) is 9.59 Å². The van der Waals surface area contributed by atoms with Crippen LogP contribution in [0, 0.1) is 0 Å². The topological polar surface area (TPSA) is 59.2 Å². The van der Waals surface area contributed by atoms with Gasteiger partial charge in [0.1, 0.15) is 12.0 Å². The van der Waals surface area contributed by atoms with Crippen molar-refractivity contribution in [2.24, 2.45) is 0 Å². The largest absolute Gasteiger partial charge is 0.464 e. The summed E-state index contributed by atoms with van der Waals surface area (Å²) in [5.41, 5.74) is 1.13. The standard InChI is InChI=1S/C9H9NO3/c1-13-9(12)8-5-7(6-10-8)3-2-4-11/h2-6,10H,1H3. The number of aromatic amines is 1. The lowest BCUT2D eigenvalue weighted by Crippen LogP contribution is -2.00. The molecule has 0 atom stereocenters. The molecule has 1 aromatic heterocycles. The van der Waals surface area contributed by atoms with Crippen LogP contribution < -0.4 is 0 Å². The Balaban J connectivity index is 2.80. The highest BCUT2D eigenvalue weighted by Gasteiger charge is 2.05. The average Bonchev–Trinajstić information content (AvgIpc) is 2.62. The van der Waals surface area contributed by atoms with E-state index in [0.717, 1.165) is 5.56 Å². The summed E-state index contributed by atoms with van der Waals surface area (Å²) in [6, 6.07) is 1.60. The Morgan fingerprint density at radius 2 is 2.38 bits per heavy atom. The van der Waals surface area contributed by atoms with Crippen molar-refractivity contribution >= 4 is 18.3 Å². The van der Waals surface area contributed by atoms with E-state index in [-0.39, 0.29) is 0 Å². The van der Waals surface area contributed by atoms with Gasteiger partial charge in [0.25, 0.3) is 0 Å². The predicted octanol–water partition coefficient (Wildman–Crippen LogP) is 1.01. The molecule has 0 amide bonds. The molecular weight excluding hydrogens is 170 g/mol. The first-order valence-electron chi connectivity index (χ1n) is 3.66. The van der Waals surface area contributed by atoms with Gasteiger partial charge < -0.3 is 9.72 Å². The fourth-order valence-corrected chi connectivity index (χ4v) is 0.886. The molecule has 0 radical (unpaired) electrons. The Hall–Kier alpha value is -1.84. The smallest absolute Gasteiger partial charge is 0.354 e. The predicted molar refractivity (Wildman–Crippen MR) is 47.2 cm³/mol. The summed E-state index contributed by atoms with van der Waals surface area (Å²) in [7, 11) is 1.31. The maximum atomic E-state index is 11.0. The number of nitrogens with one attached hydrogen (secondary N) is 1. The van der Waals surface area contributed by atoms with Crippen molar-refractivity contribution in [1.82, 2.24) is 4.98 Å². The SMILES string of the molecule is COC(=O)c1cc(C=CC=O)c[nH]1. The number of rotatable bonds is 3. The molecule has 0 fully saturated rings. The van der Waals surface area contributed by atoms with Gasteiger partial charge in [0.15, 0.2) is 0 Å². The van der Waals surface area contributed by atoms with Crippen LogP contribution in [-0.4, -0.2) is 24.3 Å². The third kappa shape index (κ3) is 2.30. The van der Waals surface area contributed by atoms with E-state index in [0.29, 0.717) is 12.0 Å². The van der Waals surface area contributed by atoms with Gasteiger partial charge in [-0.25, -0.2) is 4.79 Å². The molecule has 1 aromatic rings. The summed E-state index contributed by atoms with van der Waals surface area (Å²) >= 11 is 0. The molecule has 1 rings (SSSR count). The minimum Gasteiger partial charge on any atom is -0.464 e. The van der Waals surface area contributed by atoms with Crippen molar-refractivity contribution < 1.29 is 14.3 Å². The fourth-order valence-electron chi connectivity index (χ4n) is 0.886. The second-order valence-corrected chi connectivity index (χ2v) is 2.33. The van der Waals surface area contributed by atoms with Crippen LogP contribution in [0.25, 0.3) is 6.08 Å². The summed E-state index contributed by atoms with van der Waals surface area (Å²) in [6.45, 7) is 0. The summed E-state index contributed by atoms with van der Waals surface area (Å²) < 4.78 is 4.49. The number of esters is 1. The average molecular weight is 179 g/mol. The van der Waals surface area contributed by atoms with Gasteiger partial charge in [-0.15, -0.1) is 0 Å². The number of aromatic nitrogens is 1. The molecule has 0 unspecified atom stereocenters. The van der Waals surface area contributed by atoms with Crippen LogP contribution in [0.2, 0.25) is 0 Å². The molecule has 0 saturated carbocycles. The highest BCUT2D eigenvalue weighted by atomic mass is 16.5. The van der Waals surface area contributed by atoms with E-state index in [4.69, 9.17) is 0 Å². The third-order valence-electron chi connectivity index (χ3n) is 1.48. The molecule has 68 valence electrons. The normalized spacial score (nSPS) is 10.2. The molecule has 0 aromatic carbocycles. The molecule has 0 spiro atoms. The maximum absolute atomic E-state index is 11.0. The lowest BCUT2D eigenvalue weighted by atomic mass is 10.3. The number of ether oxygens (including phenoxy) is 1. The fraction of sp³-hybridized carbons (Fsp3) is 0.111. The van der Waals surface area contributed by atoms with Gasteiger partial charge in [-0.05, 0) is 17.7 Å². The van der Waals surface area contributed by atoms with Gasteiger partial charge in [-0.3, -0.25) is 4.79 Å². The minimum atomic E-state index is -0.425. The number of carbonyl (C=O) groups excluding carboxylic acids is 2. The van der Waals surface area contributed by atoms with Crippen molar-refractivity contribution in [2.75, 3.05) is 7.11 Å². The highest BCUT2D eigenvalue weighted by Crippen LogP contribution is 2.05. The number of allylic oxidation sites excluding steroid dienone is 1. The number of aldehydes is 1. The monoisotopic (exact) mass is 179 g/mol. The number of hydrogen-bond acceptors (Lipinski definition) is 3. The van der Waals surface area contributed by atoms with Crippen molar-refractivity contribution in [3.63, 3.8) is 0 Å². The first-order chi connectivity index (χ1) is 6.27. The summed E-state index contributed by atoms with van der Waals surface area (Å²) in [5, 5.41) is 0. The molecule has 1 N–H and O–H groups in total. The zero-order valence-electron chi connectivity index (χ0n) is 7.11. The second kappa shape index (κ2) is 4.25. The molecule has 0 saturated heterocycles. The molecule has 0 aliphatic heterocycles. The molecule has 13 heavy (non-hydrogen) atoms. The second-order valence-electron chi connectivity index (χ2n) is 2.33. The Morgan fingerprint density at radius 3 is 3.00 bits per heavy atom. The number of methoxy groups -OCH3 is 1. The Labute approximate surface area is 75.2 Å². The van der Waals surface area contributed by atoms with Crippen LogP contribution in [0.1, 0.15) is 16.1 Å². The van der Waals surface area contributed by atoms with E-state index in [1.54, 1.807) is 18.3 Å². The molecular formula is C9H9NO3. The van der Waals surface area contributed by atoms with Gasteiger partial charge in [-0.2, -0.15) is 0 Å². The van der Waals surface area contributed by atoms with Crippen LogP contribution in [0.5, 0.6) is 0 Å². The quantitative estimate of drug-likeness (QED) is 0.428. The van der Waals surface area contributed by atoms with E-state index < -0.39 is 5.97 Å². The van der Waals surface area contributed by atoms with Crippen LogP contribution in [-0.2, 0) is 9.53 Å². The maximum Gasteiger partial charge on any atom is 0.354 e.